The number of carbonyl (C=O) groups is 2. The molecular formula is C19H22N2O2S. The summed E-state index contributed by atoms with van der Waals surface area (Å²) < 4.78 is 0. The van der Waals surface area contributed by atoms with Gasteiger partial charge in [0.05, 0.1) is 5.75 Å². The summed E-state index contributed by atoms with van der Waals surface area (Å²) in [5, 5.41) is 5.58. The zero-order valence-corrected chi connectivity index (χ0v) is 15.0. The first-order valence-corrected chi connectivity index (χ1v) is 8.86. The second-order valence-corrected chi connectivity index (χ2v) is 6.56. The van der Waals surface area contributed by atoms with Crippen LogP contribution in [0.15, 0.2) is 47.4 Å². The maximum atomic E-state index is 12.1. The predicted octanol–water partition coefficient (Wildman–Crippen LogP) is 3.78. The summed E-state index contributed by atoms with van der Waals surface area (Å²) in [6, 6.07) is 13.1. The Labute approximate surface area is 147 Å². The molecule has 0 unspecified atom stereocenters. The van der Waals surface area contributed by atoms with Crippen molar-refractivity contribution < 1.29 is 9.59 Å². The van der Waals surface area contributed by atoms with Crippen molar-refractivity contribution in [1.29, 1.82) is 0 Å². The van der Waals surface area contributed by atoms with E-state index >= 15 is 0 Å². The van der Waals surface area contributed by atoms with Crippen molar-refractivity contribution in [3.63, 3.8) is 0 Å². The molecule has 24 heavy (non-hydrogen) atoms. The average molecular weight is 342 g/mol. The fourth-order valence-corrected chi connectivity index (χ4v) is 3.11. The van der Waals surface area contributed by atoms with Crippen LogP contribution in [0, 0.1) is 13.8 Å². The van der Waals surface area contributed by atoms with Crippen LogP contribution < -0.4 is 10.6 Å². The molecule has 2 aromatic rings. The van der Waals surface area contributed by atoms with Crippen LogP contribution in [-0.4, -0.2) is 24.1 Å². The summed E-state index contributed by atoms with van der Waals surface area (Å²) in [5.74, 6) is 0.0984. The molecule has 0 radical (unpaired) electrons. The minimum absolute atomic E-state index is 0.0898. The Morgan fingerprint density at radius 2 is 1.88 bits per heavy atom. The standard InChI is InChI=1S/C19H22N2O2S/c1-4-20-19(23)15-6-5-7-16(11-15)21-18(22)12-24-17-9-8-13(2)10-14(17)3/h5-11H,4,12H2,1-3H3,(H,20,23)(H,21,22). The van der Waals surface area contributed by atoms with E-state index < -0.39 is 0 Å². The number of anilines is 1. The molecule has 2 rings (SSSR count). The zero-order valence-electron chi connectivity index (χ0n) is 14.2. The first kappa shape index (κ1) is 18.1. The van der Waals surface area contributed by atoms with Crippen molar-refractivity contribution in [1.82, 2.24) is 5.32 Å². The van der Waals surface area contributed by atoms with Crippen LogP contribution in [0.3, 0.4) is 0 Å². The third-order valence-electron chi connectivity index (χ3n) is 3.44. The summed E-state index contributed by atoms with van der Waals surface area (Å²) in [6.45, 7) is 6.54. The molecule has 0 saturated heterocycles. The van der Waals surface area contributed by atoms with Crippen LogP contribution in [0.4, 0.5) is 5.69 Å². The molecular weight excluding hydrogens is 320 g/mol. The van der Waals surface area contributed by atoms with E-state index in [2.05, 4.69) is 23.6 Å². The maximum Gasteiger partial charge on any atom is 0.251 e. The third-order valence-corrected chi connectivity index (χ3v) is 4.61. The first-order valence-electron chi connectivity index (χ1n) is 7.87. The minimum Gasteiger partial charge on any atom is -0.352 e. The Bertz CT molecular complexity index is 744. The van der Waals surface area contributed by atoms with Crippen molar-refractivity contribution in [2.75, 3.05) is 17.6 Å². The van der Waals surface area contributed by atoms with E-state index in [1.807, 2.05) is 26.0 Å². The van der Waals surface area contributed by atoms with Gasteiger partial charge in [-0.2, -0.15) is 0 Å². The van der Waals surface area contributed by atoms with Crippen molar-refractivity contribution >= 4 is 29.3 Å². The van der Waals surface area contributed by atoms with Crippen molar-refractivity contribution in [3.05, 3.63) is 59.2 Å². The fraction of sp³-hybridized carbons (Fsp3) is 0.263. The quantitative estimate of drug-likeness (QED) is 0.786. The molecule has 126 valence electrons. The van der Waals surface area contributed by atoms with Gasteiger partial charge in [0.2, 0.25) is 5.91 Å². The van der Waals surface area contributed by atoms with Gasteiger partial charge in [-0.1, -0.05) is 23.8 Å². The van der Waals surface area contributed by atoms with E-state index in [0.29, 0.717) is 23.5 Å². The molecule has 0 aliphatic heterocycles. The monoisotopic (exact) mass is 342 g/mol. The lowest BCUT2D eigenvalue weighted by Gasteiger charge is -2.09. The van der Waals surface area contributed by atoms with Crippen LogP contribution in [0.2, 0.25) is 0 Å². The van der Waals surface area contributed by atoms with Gasteiger partial charge >= 0.3 is 0 Å². The Hall–Kier alpha value is -2.27. The summed E-state index contributed by atoms with van der Waals surface area (Å²) in [5.41, 5.74) is 3.55. The van der Waals surface area contributed by atoms with Crippen LogP contribution in [0.25, 0.3) is 0 Å². The van der Waals surface area contributed by atoms with Crippen LogP contribution in [0.5, 0.6) is 0 Å². The van der Waals surface area contributed by atoms with Crippen LogP contribution in [0.1, 0.15) is 28.4 Å². The summed E-state index contributed by atoms with van der Waals surface area (Å²) in [4.78, 5) is 25.1. The molecule has 0 aromatic heterocycles. The van der Waals surface area contributed by atoms with E-state index in [4.69, 9.17) is 0 Å². The lowest BCUT2D eigenvalue weighted by molar-refractivity contribution is -0.113. The van der Waals surface area contributed by atoms with Crippen LogP contribution in [-0.2, 0) is 4.79 Å². The van der Waals surface area contributed by atoms with Gasteiger partial charge in [0, 0.05) is 22.7 Å². The smallest absolute Gasteiger partial charge is 0.251 e. The summed E-state index contributed by atoms with van der Waals surface area (Å²) in [7, 11) is 0. The highest BCUT2D eigenvalue weighted by Gasteiger charge is 2.08. The van der Waals surface area contributed by atoms with Gasteiger partial charge in [-0.15, -0.1) is 11.8 Å². The number of aryl methyl sites for hydroxylation is 2. The SMILES string of the molecule is CCNC(=O)c1cccc(NC(=O)CSc2ccc(C)cc2C)c1. The topological polar surface area (TPSA) is 58.2 Å². The second kappa shape index (κ2) is 8.55. The highest BCUT2D eigenvalue weighted by atomic mass is 32.2. The Balaban J connectivity index is 1.95. The second-order valence-electron chi connectivity index (χ2n) is 5.55. The number of nitrogens with one attached hydrogen (secondary N) is 2. The van der Waals surface area contributed by atoms with Gasteiger partial charge in [0.25, 0.3) is 5.91 Å². The predicted molar refractivity (Wildman–Crippen MR) is 99.7 cm³/mol. The molecule has 5 heteroatoms. The number of hydrogen-bond acceptors (Lipinski definition) is 3. The molecule has 4 nitrogen and oxygen atoms in total. The molecule has 0 spiro atoms. The third kappa shape index (κ3) is 5.13. The maximum absolute atomic E-state index is 12.1. The Kier molecular flexibility index (Phi) is 6.44. The fourth-order valence-electron chi connectivity index (χ4n) is 2.30. The largest absolute Gasteiger partial charge is 0.352 e. The Morgan fingerprint density at radius 1 is 1.08 bits per heavy atom. The minimum atomic E-state index is -0.141. The summed E-state index contributed by atoms with van der Waals surface area (Å²) >= 11 is 1.51. The number of rotatable bonds is 6. The molecule has 2 amide bonds. The Morgan fingerprint density at radius 3 is 2.58 bits per heavy atom. The molecule has 0 aliphatic carbocycles. The van der Waals surface area contributed by atoms with Gasteiger partial charge < -0.3 is 10.6 Å². The molecule has 0 atom stereocenters. The van der Waals surface area contributed by atoms with E-state index in [0.717, 1.165) is 4.90 Å². The summed E-state index contributed by atoms with van der Waals surface area (Å²) in [6.07, 6.45) is 0. The molecule has 2 N–H and O–H groups in total. The molecule has 0 heterocycles. The lowest BCUT2D eigenvalue weighted by atomic mass is 10.2. The van der Waals surface area contributed by atoms with Gasteiger partial charge in [0.1, 0.15) is 0 Å². The van der Waals surface area contributed by atoms with Gasteiger partial charge in [0.15, 0.2) is 0 Å². The van der Waals surface area contributed by atoms with Crippen LogP contribution >= 0.6 is 11.8 Å². The molecule has 0 fully saturated rings. The van der Waals surface area contributed by atoms with Crippen molar-refractivity contribution in [2.45, 2.75) is 25.7 Å². The van der Waals surface area contributed by atoms with E-state index in [9.17, 15) is 9.59 Å². The number of carbonyl (C=O) groups excluding carboxylic acids is 2. The normalized spacial score (nSPS) is 10.3. The van der Waals surface area contributed by atoms with Crippen molar-refractivity contribution in [2.24, 2.45) is 0 Å². The number of thioether (sulfide) groups is 1. The first-order chi connectivity index (χ1) is 11.5. The zero-order chi connectivity index (χ0) is 17.5. The molecule has 0 saturated carbocycles. The highest BCUT2D eigenvalue weighted by molar-refractivity contribution is 8.00. The van der Waals surface area contributed by atoms with E-state index in [-0.39, 0.29) is 11.8 Å². The number of amides is 2. The van der Waals surface area contributed by atoms with Crippen molar-refractivity contribution in [3.8, 4) is 0 Å². The van der Waals surface area contributed by atoms with E-state index in [1.54, 1.807) is 24.3 Å². The molecule has 2 aromatic carbocycles. The van der Waals surface area contributed by atoms with Gasteiger partial charge in [-0.25, -0.2) is 0 Å². The van der Waals surface area contributed by atoms with Gasteiger partial charge in [-0.05, 0) is 50.6 Å². The van der Waals surface area contributed by atoms with Gasteiger partial charge in [-0.3, -0.25) is 9.59 Å². The molecule has 0 aliphatic rings. The number of hydrogen-bond donors (Lipinski definition) is 2. The average Bonchev–Trinajstić information content (AvgIpc) is 2.54. The highest BCUT2D eigenvalue weighted by Crippen LogP contribution is 2.23. The van der Waals surface area contributed by atoms with E-state index in [1.165, 1.54) is 22.9 Å². The lowest BCUT2D eigenvalue weighted by Crippen LogP contribution is -2.23. The molecule has 0 bridgehead atoms. The number of benzene rings is 2.